The summed E-state index contributed by atoms with van der Waals surface area (Å²) >= 11 is 0. The van der Waals surface area contributed by atoms with E-state index in [4.69, 9.17) is 0 Å². The Morgan fingerprint density at radius 3 is 2.74 bits per heavy atom. The second kappa shape index (κ2) is 7.07. The summed E-state index contributed by atoms with van der Waals surface area (Å²) in [5.41, 5.74) is 0. The zero-order chi connectivity index (χ0) is 16.4. The minimum Gasteiger partial charge on any atom is -0.354 e. The number of hydrogen-bond acceptors (Lipinski definition) is 3. The number of hydrogen-bond donors (Lipinski definition) is 2. The van der Waals surface area contributed by atoms with Crippen LogP contribution in [0, 0.1) is 17.8 Å². The zero-order valence-corrected chi connectivity index (χ0v) is 14.4. The molecule has 0 spiro atoms. The third kappa shape index (κ3) is 3.79. The van der Waals surface area contributed by atoms with Gasteiger partial charge in [0.2, 0.25) is 5.91 Å². The van der Waals surface area contributed by atoms with E-state index in [1.165, 1.54) is 25.8 Å². The van der Waals surface area contributed by atoms with Gasteiger partial charge < -0.3 is 15.5 Å². The van der Waals surface area contributed by atoms with Crippen LogP contribution in [0.15, 0.2) is 0 Å². The lowest BCUT2D eigenvalue weighted by molar-refractivity contribution is -0.120. The van der Waals surface area contributed by atoms with Gasteiger partial charge in [0.15, 0.2) is 0 Å². The van der Waals surface area contributed by atoms with E-state index in [1.807, 2.05) is 4.90 Å². The predicted molar refractivity (Wildman–Crippen MR) is 89.0 cm³/mol. The second-order valence-corrected chi connectivity index (χ2v) is 7.74. The molecule has 130 valence electrons. The summed E-state index contributed by atoms with van der Waals surface area (Å²) in [7, 11) is 0. The molecule has 3 heterocycles. The molecular weight excluding hydrogens is 292 g/mol. The van der Waals surface area contributed by atoms with Crippen LogP contribution < -0.4 is 10.6 Å². The van der Waals surface area contributed by atoms with Crippen molar-refractivity contribution in [2.75, 3.05) is 39.3 Å². The van der Waals surface area contributed by atoms with Gasteiger partial charge in [-0.2, -0.15) is 0 Å². The Morgan fingerprint density at radius 1 is 1.13 bits per heavy atom. The Bertz CT molecular complexity index is 454. The van der Waals surface area contributed by atoms with Gasteiger partial charge in [0.05, 0.1) is 6.54 Å². The van der Waals surface area contributed by atoms with Gasteiger partial charge in [-0.15, -0.1) is 0 Å². The maximum Gasteiger partial charge on any atom is 0.317 e. The molecule has 0 aliphatic carbocycles. The van der Waals surface area contributed by atoms with Crippen LogP contribution in [-0.4, -0.2) is 67.0 Å². The van der Waals surface area contributed by atoms with E-state index in [0.717, 1.165) is 19.6 Å². The summed E-state index contributed by atoms with van der Waals surface area (Å²) in [5, 5.41) is 5.60. The number of amides is 3. The minimum absolute atomic E-state index is 0.0763. The van der Waals surface area contributed by atoms with Crippen molar-refractivity contribution in [3.63, 3.8) is 0 Å². The Hall–Kier alpha value is -1.30. The smallest absolute Gasteiger partial charge is 0.317 e. The number of fused-ring (bicyclic) bond motifs is 3. The standard InChI is InChI=1S/C17H30N4O2/c1-12(2)7-18-16(22)8-19-17(23)21-10-13-9-20-6-4-3-5-15(20)14(13)11-21/h12-15H,3-11H2,1-2H3,(H,18,22)(H,19,23)/t13-,14-,15+/m0/s1. The Balaban J connectivity index is 1.43. The molecule has 0 bridgehead atoms. The van der Waals surface area contributed by atoms with Crippen LogP contribution in [0.25, 0.3) is 0 Å². The average Bonchev–Trinajstić information content (AvgIpc) is 3.08. The summed E-state index contributed by atoms with van der Waals surface area (Å²) in [6.07, 6.45) is 3.94. The number of urea groups is 1. The fraction of sp³-hybridized carbons (Fsp3) is 0.882. The minimum atomic E-state index is -0.107. The van der Waals surface area contributed by atoms with Gasteiger partial charge in [-0.1, -0.05) is 20.3 Å². The summed E-state index contributed by atoms with van der Waals surface area (Å²) in [6, 6.07) is 0.599. The van der Waals surface area contributed by atoms with Crippen LogP contribution in [-0.2, 0) is 4.79 Å². The van der Waals surface area contributed by atoms with E-state index in [1.54, 1.807) is 0 Å². The quantitative estimate of drug-likeness (QED) is 0.808. The zero-order valence-electron chi connectivity index (χ0n) is 14.4. The topological polar surface area (TPSA) is 64.7 Å². The molecule has 0 aromatic rings. The van der Waals surface area contributed by atoms with Crippen molar-refractivity contribution in [3.05, 3.63) is 0 Å². The monoisotopic (exact) mass is 322 g/mol. The normalized spacial score (nSPS) is 30.2. The number of piperidine rings is 1. The molecule has 3 saturated heterocycles. The van der Waals surface area contributed by atoms with Crippen LogP contribution in [0.5, 0.6) is 0 Å². The molecule has 23 heavy (non-hydrogen) atoms. The molecule has 3 aliphatic heterocycles. The van der Waals surface area contributed by atoms with E-state index in [2.05, 4.69) is 29.4 Å². The van der Waals surface area contributed by atoms with Gasteiger partial charge in [0.1, 0.15) is 0 Å². The summed E-state index contributed by atoms with van der Waals surface area (Å²) < 4.78 is 0. The lowest BCUT2D eigenvalue weighted by Crippen LogP contribution is -2.46. The largest absolute Gasteiger partial charge is 0.354 e. The van der Waals surface area contributed by atoms with Gasteiger partial charge >= 0.3 is 6.03 Å². The van der Waals surface area contributed by atoms with Crippen LogP contribution in [0.3, 0.4) is 0 Å². The highest BCUT2D eigenvalue weighted by atomic mass is 16.2. The molecule has 0 aromatic carbocycles. The Labute approximate surface area is 139 Å². The lowest BCUT2D eigenvalue weighted by atomic mass is 9.90. The first kappa shape index (κ1) is 16.6. The van der Waals surface area contributed by atoms with Crippen LogP contribution in [0.2, 0.25) is 0 Å². The average molecular weight is 322 g/mol. The van der Waals surface area contributed by atoms with Gasteiger partial charge in [0.25, 0.3) is 0 Å². The molecule has 6 nitrogen and oxygen atoms in total. The highest BCUT2D eigenvalue weighted by molar-refractivity contribution is 5.84. The number of rotatable bonds is 4. The Morgan fingerprint density at radius 2 is 1.96 bits per heavy atom. The summed E-state index contributed by atoms with van der Waals surface area (Å²) in [4.78, 5) is 28.5. The van der Waals surface area contributed by atoms with E-state index < -0.39 is 0 Å². The molecule has 0 unspecified atom stereocenters. The number of nitrogens with zero attached hydrogens (tertiary/aromatic N) is 2. The van der Waals surface area contributed by atoms with E-state index in [0.29, 0.717) is 30.3 Å². The molecular formula is C17H30N4O2. The molecule has 3 aliphatic rings. The molecule has 3 rings (SSSR count). The van der Waals surface area contributed by atoms with E-state index in [-0.39, 0.29) is 18.5 Å². The van der Waals surface area contributed by atoms with Crippen molar-refractivity contribution < 1.29 is 9.59 Å². The van der Waals surface area contributed by atoms with E-state index in [9.17, 15) is 9.59 Å². The number of carbonyl (C=O) groups is 2. The molecule has 3 amide bonds. The van der Waals surface area contributed by atoms with Crippen molar-refractivity contribution in [2.24, 2.45) is 17.8 Å². The summed E-state index contributed by atoms with van der Waals surface area (Å²) in [5.74, 6) is 1.57. The third-order valence-electron chi connectivity index (χ3n) is 5.51. The van der Waals surface area contributed by atoms with Gasteiger partial charge in [0, 0.05) is 32.2 Å². The van der Waals surface area contributed by atoms with Gasteiger partial charge in [-0.25, -0.2) is 4.79 Å². The van der Waals surface area contributed by atoms with Gasteiger partial charge in [-0.3, -0.25) is 9.69 Å². The fourth-order valence-electron chi connectivity index (χ4n) is 4.37. The maximum atomic E-state index is 12.3. The molecule has 0 saturated carbocycles. The fourth-order valence-corrected chi connectivity index (χ4v) is 4.37. The maximum absolute atomic E-state index is 12.3. The van der Waals surface area contributed by atoms with Gasteiger partial charge in [-0.05, 0) is 37.1 Å². The Kier molecular flexibility index (Phi) is 5.09. The molecule has 3 atom stereocenters. The number of carbonyl (C=O) groups excluding carboxylic acids is 2. The molecule has 0 aromatic heterocycles. The van der Waals surface area contributed by atoms with Crippen molar-refractivity contribution in [3.8, 4) is 0 Å². The van der Waals surface area contributed by atoms with Crippen molar-refractivity contribution in [1.82, 2.24) is 20.4 Å². The highest BCUT2D eigenvalue weighted by Gasteiger charge is 2.48. The number of nitrogens with one attached hydrogen (secondary N) is 2. The molecule has 3 fully saturated rings. The van der Waals surface area contributed by atoms with Crippen LogP contribution >= 0.6 is 0 Å². The van der Waals surface area contributed by atoms with Crippen molar-refractivity contribution >= 4 is 11.9 Å². The first-order valence-electron chi connectivity index (χ1n) is 9.08. The second-order valence-electron chi connectivity index (χ2n) is 7.74. The molecule has 2 N–H and O–H groups in total. The summed E-state index contributed by atoms with van der Waals surface area (Å²) in [6.45, 7) is 8.91. The highest BCUT2D eigenvalue weighted by Crippen LogP contribution is 2.40. The number of likely N-dealkylation sites (tertiary alicyclic amines) is 1. The van der Waals surface area contributed by atoms with E-state index >= 15 is 0 Å². The first-order chi connectivity index (χ1) is 11.0. The SMILES string of the molecule is CC(C)CNC(=O)CNC(=O)N1C[C@@H]2CN3CCCC[C@@H]3[C@H]2C1. The predicted octanol–water partition coefficient (Wildman–Crippen LogP) is 0.884. The first-order valence-corrected chi connectivity index (χ1v) is 9.08. The van der Waals surface area contributed by atoms with Crippen molar-refractivity contribution in [1.29, 1.82) is 0 Å². The van der Waals surface area contributed by atoms with Crippen molar-refractivity contribution in [2.45, 2.75) is 39.2 Å². The van der Waals surface area contributed by atoms with Crippen LogP contribution in [0.4, 0.5) is 4.79 Å². The lowest BCUT2D eigenvalue weighted by Gasteiger charge is -2.33. The third-order valence-corrected chi connectivity index (χ3v) is 5.51. The van der Waals surface area contributed by atoms with Crippen LogP contribution in [0.1, 0.15) is 33.1 Å². The molecule has 6 heteroatoms. The molecule has 0 radical (unpaired) electrons.